The first-order valence-electron chi connectivity index (χ1n) is 3.01. The number of hydrogen-bond donors (Lipinski definition) is 0. The van der Waals surface area contributed by atoms with Crippen LogP contribution in [0.15, 0.2) is 34.3 Å². The van der Waals surface area contributed by atoms with Gasteiger partial charge in [0.1, 0.15) is 0 Å². The summed E-state index contributed by atoms with van der Waals surface area (Å²) in [4.78, 5) is 0. The van der Waals surface area contributed by atoms with E-state index in [1.807, 2.05) is 19.9 Å². The predicted molar refractivity (Wildman–Crippen MR) is 56.6 cm³/mol. The van der Waals surface area contributed by atoms with Crippen LogP contribution in [0.2, 0.25) is 0 Å². The molecule has 0 aliphatic heterocycles. The monoisotopic (exact) mass is 266 g/mol. The van der Waals surface area contributed by atoms with E-state index in [4.69, 9.17) is 0 Å². The summed E-state index contributed by atoms with van der Waals surface area (Å²) >= 11 is 6.40. The van der Waals surface area contributed by atoms with E-state index in [0.717, 1.165) is 8.96 Å². The Balaban J connectivity index is 0. The molecular weight excluding hydrogens is 256 g/mol. The van der Waals surface area contributed by atoms with Gasteiger partial charge in [-0.3, -0.25) is 0 Å². The average molecular weight is 268 g/mol. The summed E-state index contributed by atoms with van der Waals surface area (Å²) in [5, 5.41) is 0. The molecule has 0 aromatic heterocycles. The van der Waals surface area contributed by atoms with Crippen LogP contribution in [0.3, 0.4) is 0 Å². The lowest BCUT2D eigenvalue weighted by Gasteiger charge is -1.83. The first-order chi connectivity index (χ1) is 4.66. The smallest absolute Gasteiger partial charge is 0.0180 e. The minimum absolute atomic E-state index is 0.837. The molecule has 0 aliphatic carbocycles. The maximum Gasteiger partial charge on any atom is 0.0180 e. The van der Waals surface area contributed by atoms with Crippen molar-refractivity contribution in [1.29, 1.82) is 0 Å². The summed E-state index contributed by atoms with van der Waals surface area (Å²) in [6.45, 7) is 11.1. The van der Waals surface area contributed by atoms with Crippen molar-refractivity contribution in [3.63, 3.8) is 0 Å². The van der Waals surface area contributed by atoms with Gasteiger partial charge in [-0.2, -0.15) is 0 Å². The molecule has 0 spiro atoms. The van der Waals surface area contributed by atoms with E-state index < -0.39 is 0 Å². The van der Waals surface area contributed by atoms with Crippen molar-refractivity contribution in [1.82, 2.24) is 0 Å². The Morgan fingerprint density at radius 1 is 1.30 bits per heavy atom. The highest BCUT2D eigenvalue weighted by atomic mass is 79.9. The van der Waals surface area contributed by atoms with Crippen molar-refractivity contribution < 1.29 is 0 Å². The fourth-order valence-corrected chi connectivity index (χ4v) is 1.04. The highest BCUT2D eigenvalue weighted by Gasteiger charge is 1.80. The van der Waals surface area contributed by atoms with Gasteiger partial charge in [-0.25, -0.2) is 0 Å². The van der Waals surface area contributed by atoms with Gasteiger partial charge in [0.15, 0.2) is 0 Å². The average Bonchev–Trinajstić information content (AvgIpc) is 1.91. The Morgan fingerprint density at radius 3 is 1.80 bits per heavy atom. The molecular formula is C8H12Br2. The van der Waals surface area contributed by atoms with Crippen molar-refractivity contribution in [2.45, 2.75) is 13.8 Å². The molecule has 0 saturated heterocycles. The van der Waals surface area contributed by atoms with Crippen LogP contribution in [0.1, 0.15) is 13.8 Å². The van der Waals surface area contributed by atoms with Gasteiger partial charge in [-0.15, -0.1) is 0 Å². The molecule has 0 heterocycles. The number of hydrogen-bond acceptors (Lipinski definition) is 0. The lowest BCUT2D eigenvalue weighted by atomic mass is 10.5. The van der Waals surface area contributed by atoms with E-state index in [9.17, 15) is 0 Å². The maximum atomic E-state index is 3.61. The summed E-state index contributed by atoms with van der Waals surface area (Å²) in [5.74, 6) is 0. The van der Waals surface area contributed by atoms with Crippen molar-refractivity contribution in [2.75, 3.05) is 0 Å². The second-order valence-corrected chi connectivity index (χ2v) is 3.11. The molecule has 0 bridgehead atoms. The zero-order chi connectivity index (χ0) is 8.57. The standard InChI is InChI=1S/C6H6Br2.C2H6/c1-3-6(8)4-5(2)7;1-2/h3-4H,1-2H2;1-2H3/b6-4+;. The highest BCUT2D eigenvalue weighted by Crippen LogP contribution is 2.12. The van der Waals surface area contributed by atoms with Crippen molar-refractivity contribution >= 4 is 31.9 Å². The van der Waals surface area contributed by atoms with Gasteiger partial charge in [0.2, 0.25) is 0 Å². The summed E-state index contributed by atoms with van der Waals surface area (Å²) in [6.07, 6.45) is 3.53. The zero-order valence-electron chi connectivity index (χ0n) is 6.32. The fourth-order valence-electron chi connectivity index (χ4n) is 0.209. The quantitative estimate of drug-likeness (QED) is 0.651. The summed E-state index contributed by atoms with van der Waals surface area (Å²) < 4.78 is 1.77. The van der Waals surface area contributed by atoms with Crippen LogP contribution in [0.4, 0.5) is 0 Å². The molecule has 0 aliphatic rings. The molecule has 0 aromatic rings. The molecule has 10 heavy (non-hydrogen) atoms. The SMILES string of the molecule is C=C/C(Br)=C\C(=C)Br.CC. The largest absolute Gasteiger partial charge is 0.0979 e. The third kappa shape index (κ3) is 11.0. The van der Waals surface area contributed by atoms with Crippen LogP contribution in [0.25, 0.3) is 0 Å². The Bertz CT molecular complexity index is 134. The van der Waals surface area contributed by atoms with Crippen molar-refractivity contribution in [3.8, 4) is 0 Å². The molecule has 0 radical (unpaired) electrons. The van der Waals surface area contributed by atoms with E-state index in [1.165, 1.54) is 0 Å². The topological polar surface area (TPSA) is 0 Å². The normalized spacial score (nSPS) is 9.40. The number of allylic oxidation sites excluding steroid dienone is 4. The summed E-state index contributed by atoms with van der Waals surface area (Å²) in [7, 11) is 0. The molecule has 0 aromatic carbocycles. The van der Waals surface area contributed by atoms with Gasteiger partial charge >= 0.3 is 0 Å². The van der Waals surface area contributed by atoms with E-state index >= 15 is 0 Å². The third-order valence-electron chi connectivity index (χ3n) is 0.490. The minimum Gasteiger partial charge on any atom is -0.0979 e. The molecule has 58 valence electrons. The molecule has 0 fully saturated rings. The molecule has 2 heteroatoms. The van der Waals surface area contributed by atoms with E-state index in [1.54, 1.807) is 6.08 Å². The lowest BCUT2D eigenvalue weighted by molar-refractivity contribution is 1.50. The molecule has 0 amide bonds. The van der Waals surface area contributed by atoms with E-state index in [0.29, 0.717) is 0 Å². The van der Waals surface area contributed by atoms with Gasteiger partial charge in [0.25, 0.3) is 0 Å². The van der Waals surface area contributed by atoms with Crippen LogP contribution in [-0.2, 0) is 0 Å². The second kappa shape index (κ2) is 9.18. The lowest BCUT2D eigenvalue weighted by Crippen LogP contribution is -1.58. The Morgan fingerprint density at radius 2 is 1.70 bits per heavy atom. The minimum atomic E-state index is 0.837. The maximum absolute atomic E-state index is 3.61. The van der Waals surface area contributed by atoms with Crippen LogP contribution in [0.5, 0.6) is 0 Å². The van der Waals surface area contributed by atoms with Gasteiger partial charge in [-0.05, 0) is 6.08 Å². The first kappa shape index (κ1) is 12.8. The second-order valence-electron chi connectivity index (χ2n) is 1.18. The summed E-state index contributed by atoms with van der Waals surface area (Å²) in [6, 6.07) is 0. The third-order valence-corrected chi connectivity index (χ3v) is 1.27. The molecule has 0 unspecified atom stereocenters. The van der Waals surface area contributed by atoms with Gasteiger partial charge in [0, 0.05) is 8.96 Å². The van der Waals surface area contributed by atoms with E-state index in [-0.39, 0.29) is 0 Å². The van der Waals surface area contributed by atoms with Gasteiger partial charge in [0.05, 0.1) is 0 Å². The van der Waals surface area contributed by atoms with Crippen LogP contribution in [0, 0.1) is 0 Å². The number of halogens is 2. The van der Waals surface area contributed by atoms with Crippen molar-refractivity contribution in [2.24, 2.45) is 0 Å². The molecule has 0 rings (SSSR count). The Hall–Kier alpha value is 0.180. The zero-order valence-corrected chi connectivity index (χ0v) is 9.50. The van der Waals surface area contributed by atoms with Crippen LogP contribution < -0.4 is 0 Å². The van der Waals surface area contributed by atoms with Gasteiger partial charge < -0.3 is 0 Å². The van der Waals surface area contributed by atoms with Crippen LogP contribution >= 0.6 is 31.9 Å². The summed E-state index contributed by atoms with van der Waals surface area (Å²) in [5.41, 5.74) is 0. The molecule has 0 atom stereocenters. The molecule has 0 saturated carbocycles. The predicted octanol–water partition coefficient (Wildman–Crippen LogP) is 4.39. The van der Waals surface area contributed by atoms with E-state index in [2.05, 4.69) is 45.0 Å². The number of rotatable bonds is 2. The Kier molecular flexibility index (Phi) is 11.8. The fraction of sp³-hybridized carbons (Fsp3) is 0.250. The van der Waals surface area contributed by atoms with Crippen LogP contribution in [-0.4, -0.2) is 0 Å². The van der Waals surface area contributed by atoms with Gasteiger partial charge in [-0.1, -0.05) is 64.9 Å². The molecule has 0 nitrogen and oxygen atoms in total. The Labute approximate surface area is 80.0 Å². The molecule has 0 N–H and O–H groups in total. The first-order valence-corrected chi connectivity index (χ1v) is 4.59. The van der Waals surface area contributed by atoms with Crippen molar-refractivity contribution in [3.05, 3.63) is 34.3 Å². The highest BCUT2D eigenvalue weighted by molar-refractivity contribution is 9.12.